The lowest BCUT2D eigenvalue weighted by Crippen LogP contribution is -1.89. The zero-order valence-electron chi connectivity index (χ0n) is 7.02. The average Bonchev–Trinajstić information content (AvgIpc) is 2.04. The molecule has 1 rings (SSSR count). The molecule has 0 amide bonds. The zero-order chi connectivity index (χ0) is 8.27. The summed E-state index contributed by atoms with van der Waals surface area (Å²) in [5, 5.41) is 0.970. The van der Waals surface area contributed by atoms with Gasteiger partial charge in [-0.25, -0.2) is 0 Å². The molecule has 0 aromatic heterocycles. The Kier molecular flexibility index (Phi) is 3.13. The number of rotatable bonds is 2. The van der Waals surface area contributed by atoms with Crippen molar-refractivity contribution in [3.8, 4) is 0 Å². The predicted molar refractivity (Wildman–Crippen MR) is 53.2 cm³/mol. The molecule has 0 fully saturated rings. The molecular weight excluding hydrogens is 200 g/mol. The van der Waals surface area contributed by atoms with Crippen molar-refractivity contribution in [3.63, 3.8) is 0 Å². The van der Waals surface area contributed by atoms with Crippen LogP contribution in [0.25, 0.3) is 0 Å². The molecule has 0 radical (unpaired) electrons. The number of hydrogen-bond acceptors (Lipinski definition) is 0. The van der Waals surface area contributed by atoms with Gasteiger partial charge >= 0.3 is 0 Å². The Hall–Kier alpha value is -0.300. The van der Waals surface area contributed by atoms with E-state index >= 15 is 0 Å². The van der Waals surface area contributed by atoms with Gasteiger partial charge in [0.1, 0.15) is 0 Å². The molecule has 0 spiro atoms. The summed E-state index contributed by atoms with van der Waals surface area (Å²) in [4.78, 5) is 0. The second-order valence-corrected chi connectivity index (χ2v) is 3.32. The van der Waals surface area contributed by atoms with Crippen LogP contribution in [0.4, 0.5) is 0 Å². The van der Waals surface area contributed by atoms with Crippen molar-refractivity contribution in [1.82, 2.24) is 0 Å². The number of aryl methyl sites for hydroxylation is 2. The fourth-order valence-corrected chi connectivity index (χ4v) is 1.75. The second kappa shape index (κ2) is 3.91. The summed E-state index contributed by atoms with van der Waals surface area (Å²) in [6, 6.07) is 6.63. The summed E-state index contributed by atoms with van der Waals surface area (Å²) in [6.07, 6.45) is 1.13. The van der Waals surface area contributed by atoms with Crippen LogP contribution in [0.5, 0.6) is 0 Å². The summed E-state index contributed by atoms with van der Waals surface area (Å²) in [6.45, 7) is 4.32. The first-order valence-electron chi connectivity index (χ1n) is 3.92. The Bertz CT molecular complexity index is 241. The molecule has 1 aromatic carbocycles. The van der Waals surface area contributed by atoms with E-state index in [1.807, 2.05) is 0 Å². The lowest BCUT2D eigenvalue weighted by Gasteiger charge is -2.04. The molecule has 60 valence electrons. The molecule has 0 aliphatic rings. The van der Waals surface area contributed by atoms with Crippen molar-refractivity contribution in [3.05, 3.63) is 34.9 Å². The largest absolute Gasteiger partial charge is 0.0876 e. The summed E-state index contributed by atoms with van der Waals surface area (Å²) in [5.41, 5.74) is 4.22. The van der Waals surface area contributed by atoms with E-state index in [9.17, 15) is 0 Å². The number of hydrogen-bond donors (Lipinski definition) is 0. The van der Waals surface area contributed by atoms with Gasteiger partial charge in [0.05, 0.1) is 0 Å². The third kappa shape index (κ3) is 2.06. The minimum Gasteiger partial charge on any atom is -0.0876 e. The van der Waals surface area contributed by atoms with Crippen molar-refractivity contribution >= 4 is 15.9 Å². The first-order chi connectivity index (χ1) is 5.27. The van der Waals surface area contributed by atoms with E-state index < -0.39 is 0 Å². The first kappa shape index (κ1) is 8.79. The normalized spacial score (nSPS) is 10.1. The lowest BCUT2D eigenvalue weighted by molar-refractivity contribution is 1.10. The fourth-order valence-electron chi connectivity index (χ4n) is 1.22. The van der Waals surface area contributed by atoms with Gasteiger partial charge in [-0.2, -0.15) is 0 Å². The van der Waals surface area contributed by atoms with E-state index in [2.05, 4.69) is 48.0 Å². The quantitative estimate of drug-likeness (QED) is 0.660. The van der Waals surface area contributed by atoms with Gasteiger partial charge in [0.25, 0.3) is 0 Å². The molecule has 0 nitrogen and oxygen atoms in total. The molecule has 0 N–H and O–H groups in total. The molecule has 0 heterocycles. The summed E-state index contributed by atoms with van der Waals surface area (Å²) in [5.74, 6) is 0. The third-order valence-electron chi connectivity index (χ3n) is 1.89. The minimum atomic E-state index is 0.970. The standard InChI is InChI=1S/C10H13Br/c1-3-9-5-4-8(2)6-10(9)7-11/h4-6H,3,7H2,1-2H3. The second-order valence-electron chi connectivity index (χ2n) is 2.76. The molecule has 0 saturated carbocycles. The van der Waals surface area contributed by atoms with Gasteiger partial charge in [-0.1, -0.05) is 46.6 Å². The highest BCUT2D eigenvalue weighted by Gasteiger charge is 1.97. The van der Waals surface area contributed by atoms with Crippen LogP contribution >= 0.6 is 15.9 Å². The smallest absolute Gasteiger partial charge is 0.0285 e. The highest BCUT2D eigenvalue weighted by molar-refractivity contribution is 9.08. The van der Waals surface area contributed by atoms with Crippen LogP contribution in [0.3, 0.4) is 0 Å². The SMILES string of the molecule is CCc1ccc(C)cc1CBr. The van der Waals surface area contributed by atoms with Gasteiger partial charge in [-0.05, 0) is 24.5 Å². The number of alkyl halides is 1. The van der Waals surface area contributed by atoms with Crippen molar-refractivity contribution in [2.75, 3.05) is 0 Å². The van der Waals surface area contributed by atoms with Crippen LogP contribution in [0.1, 0.15) is 23.6 Å². The third-order valence-corrected chi connectivity index (χ3v) is 2.49. The van der Waals surface area contributed by atoms with Crippen LogP contribution in [0, 0.1) is 6.92 Å². The van der Waals surface area contributed by atoms with Gasteiger partial charge in [-0.3, -0.25) is 0 Å². The number of halogens is 1. The maximum atomic E-state index is 3.48. The zero-order valence-corrected chi connectivity index (χ0v) is 8.61. The van der Waals surface area contributed by atoms with Gasteiger partial charge in [0, 0.05) is 5.33 Å². The van der Waals surface area contributed by atoms with Crippen molar-refractivity contribution < 1.29 is 0 Å². The van der Waals surface area contributed by atoms with E-state index in [0.717, 1.165) is 11.8 Å². The van der Waals surface area contributed by atoms with E-state index in [1.54, 1.807) is 0 Å². The Morgan fingerprint density at radius 3 is 2.55 bits per heavy atom. The molecule has 0 unspecified atom stereocenters. The van der Waals surface area contributed by atoms with Crippen LogP contribution < -0.4 is 0 Å². The fraction of sp³-hybridized carbons (Fsp3) is 0.400. The van der Waals surface area contributed by atoms with Crippen LogP contribution in [-0.4, -0.2) is 0 Å². The molecule has 1 heteroatoms. The monoisotopic (exact) mass is 212 g/mol. The van der Waals surface area contributed by atoms with E-state index in [4.69, 9.17) is 0 Å². The number of benzene rings is 1. The summed E-state index contributed by atoms with van der Waals surface area (Å²) < 4.78 is 0. The van der Waals surface area contributed by atoms with Gasteiger partial charge in [-0.15, -0.1) is 0 Å². The molecule has 0 saturated heterocycles. The first-order valence-corrected chi connectivity index (χ1v) is 5.04. The molecule has 11 heavy (non-hydrogen) atoms. The molecule has 0 atom stereocenters. The van der Waals surface area contributed by atoms with Crippen LogP contribution in [0.2, 0.25) is 0 Å². The van der Waals surface area contributed by atoms with Gasteiger partial charge < -0.3 is 0 Å². The van der Waals surface area contributed by atoms with Crippen molar-refractivity contribution in [2.24, 2.45) is 0 Å². The minimum absolute atomic E-state index is 0.970. The van der Waals surface area contributed by atoms with Gasteiger partial charge in [0.2, 0.25) is 0 Å². The lowest BCUT2D eigenvalue weighted by atomic mass is 10.0. The Labute approximate surface area is 76.8 Å². The highest BCUT2D eigenvalue weighted by atomic mass is 79.9. The Morgan fingerprint density at radius 1 is 1.27 bits per heavy atom. The predicted octanol–water partition coefficient (Wildman–Crippen LogP) is 3.45. The summed E-state index contributed by atoms with van der Waals surface area (Å²) in [7, 11) is 0. The Balaban J connectivity index is 3.06. The van der Waals surface area contributed by atoms with E-state index in [-0.39, 0.29) is 0 Å². The van der Waals surface area contributed by atoms with Crippen molar-refractivity contribution in [1.29, 1.82) is 0 Å². The molecule has 0 aliphatic carbocycles. The topological polar surface area (TPSA) is 0 Å². The molecular formula is C10H13Br. The van der Waals surface area contributed by atoms with Crippen LogP contribution in [-0.2, 0) is 11.8 Å². The van der Waals surface area contributed by atoms with Gasteiger partial charge in [0.15, 0.2) is 0 Å². The van der Waals surface area contributed by atoms with Crippen molar-refractivity contribution in [2.45, 2.75) is 25.6 Å². The maximum Gasteiger partial charge on any atom is 0.0285 e. The van der Waals surface area contributed by atoms with Crippen LogP contribution in [0.15, 0.2) is 18.2 Å². The van der Waals surface area contributed by atoms with E-state index in [1.165, 1.54) is 16.7 Å². The summed E-state index contributed by atoms with van der Waals surface area (Å²) >= 11 is 3.48. The maximum absolute atomic E-state index is 3.48. The molecule has 0 aliphatic heterocycles. The average molecular weight is 213 g/mol. The highest BCUT2D eigenvalue weighted by Crippen LogP contribution is 2.15. The molecule has 1 aromatic rings. The molecule has 0 bridgehead atoms. The van der Waals surface area contributed by atoms with E-state index in [0.29, 0.717) is 0 Å². The Morgan fingerprint density at radius 2 is 2.00 bits per heavy atom.